The second kappa shape index (κ2) is 4.56. The van der Waals surface area contributed by atoms with E-state index in [9.17, 15) is 5.11 Å². The molecule has 0 aromatic heterocycles. The number of anilines is 1. The Labute approximate surface area is 107 Å². The number of nitrogens with one attached hydrogen (secondary N) is 1. The Morgan fingerprint density at radius 2 is 1.88 bits per heavy atom. The highest BCUT2D eigenvalue weighted by molar-refractivity contribution is 6.30. The molecule has 1 aromatic rings. The molecule has 17 heavy (non-hydrogen) atoms. The molecule has 1 rings (SSSR count). The van der Waals surface area contributed by atoms with Gasteiger partial charge in [0.1, 0.15) is 6.07 Å². The highest BCUT2D eigenvalue weighted by Gasteiger charge is 2.35. The van der Waals surface area contributed by atoms with Crippen LogP contribution in [0.3, 0.4) is 0 Å². The lowest BCUT2D eigenvalue weighted by Gasteiger charge is -2.39. The summed E-state index contributed by atoms with van der Waals surface area (Å²) in [7, 11) is 0. The van der Waals surface area contributed by atoms with Gasteiger partial charge in [0.2, 0.25) is 0 Å². The number of benzene rings is 1. The minimum Gasteiger partial charge on any atom is -0.388 e. The van der Waals surface area contributed by atoms with E-state index in [1.54, 1.807) is 32.0 Å². The molecule has 0 aliphatic heterocycles. The summed E-state index contributed by atoms with van der Waals surface area (Å²) in [6, 6.07) is 7.11. The van der Waals surface area contributed by atoms with Crippen LogP contribution in [0.5, 0.6) is 0 Å². The first-order chi connectivity index (χ1) is 7.67. The molecule has 0 radical (unpaired) electrons. The second-order valence-corrected chi connectivity index (χ2v) is 5.55. The average Bonchev–Trinajstić information content (AvgIpc) is 2.15. The molecule has 0 saturated carbocycles. The molecule has 1 aromatic carbocycles. The lowest BCUT2D eigenvalue weighted by atomic mass is 9.85. The fourth-order valence-corrected chi connectivity index (χ4v) is 1.38. The van der Waals surface area contributed by atoms with Gasteiger partial charge in [-0.2, -0.15) is 5.26 Å². The van der Waals surface area contributed by atoms with Crippen molar-refractivity contribution in [3.8, 4) is 6.07 Å². The molecule has 0 saturated heterocycles. The minimum absolute atomic E-state index is 0.506. The number of hydrogen-bond donors (Lipinski definition) is 2. The molecule has 3 nitrogen and oxygen atoms in total. The maximum absolute atomic E-state index is 10.1. The van der Waals surface area contributed by atoms with Gasteiger partial charge < -0.3 is 10.4 Å². The topological polar surface area (TPSA) is 56.0 Å². The molecule has 4 heteroatoms. The van der Waals surface area contributed by atoms with Gasteiger partial charge in [0.05, 0.1) is 22.4 Å². The Morgan fingerprint density at radius 3 is 2.35 bits per heavy atom. The van der Waals surface area contributed by atoms with E-state index >= 15 is 0 Å². The van der Waals surface area contributed by atoms with Crippen LogP contribution in [0.2, 0.25) is 5.02 Å². The van der Waals surface area contributed by atoms with E-state index in [1.807, 2.05) is 13.8 Å². The summed E-state index contributed by atoms with van der Waals surface area (Å²) in [6.45, 7) is 7.18. The lowest BCUT2D eigenvalue weighted by Crippen LogP contribution is -2.51. The predicted octanol–water partition coefficient (Wildman–Crippen LogP) is 3.17. The van der Waals surface area contributed by atoms with Crippen molar-refractivity contribution in [1.29, 1.82) is 5.26 Å². The summed E-state index contributed by atoms with van der Waals surface area (Å²) in [5.41, 5.74) is -0.371. The smallest absolute Gasteiger partial charge is 0.101 e. The molecule has 0 unspecified atom stereocenters. The van der Waals surface area contributed by atoms with Crippen LogP contribution in [0, 0.1) is 11.3 Å². The Hall–Kier alpha value is -1.24. The molecule has 0 amide bonds. The van der Waals surface area contributed by atoms with Crippen molar-refractivity contribution in [3.05, 3.63) is 28.8 Å². The number of aliphatic hydroxyl groups is 1. The van der Waals surface area contributed by atoms with Gasteiger partial charge in [0, 0.05) is 5.02 Å². The minimum atomic E-state index is -0.929. The quantitative estimate of drug-likeness (QED) is 0.869. The summed E-state index contributed by atoms with van der Waals surface area (Å²) in [5.74, 6) is 0. The molecule has 0 atom stereocenters. The summed E-state index contributed by atoms with van der Waals surface area (Å²) >= 11 is 5.90. The fourth-order valence-electron chi connectivity index (χ4n) is 1.21. The highest BCUT2D eigenvalue weighted by atomic mass is 35.5. The highest BCUT2D eigenvalue weighted by Crippen LogP contribution is 2.29. The summed E-state index contributed by atoms with van der Waals surface area (Å²) in [6.07, 6.45) is 0. The van der Waals surface area contributed by atoms with Crippen molar-refractivity contribution in [3.63, 3.8) is 0 Å². The standard InChI is InChI=1S/C13H17ClN2O/c1-12(2,13(3,4)17)16-11-7-10(14)6-5-9(11)8-15/h5-7,16-17H,1-4H3. The number of nitriles is 1. The van der Waals surface area contributed by atoms with Crippen molar-refractivity contribution < 1.29 is 5.11 Å². The predicted molar refractivity (Wildman–Crippen MR) is 70.2 cm³/mol. The van der Waals surface area contributed by atoms with E-state index < -0.39 is 11.1 Å². The molecule has 0 bridgehead atoms. The van der Waals surface area contributed by atoms with Gasteiger partial charge in [-0.05, 0) is 45.9 Å². The third-order valence-electron chi connectivity index (χ3n) is 3.08. The zero-order valence-corrected chi connectivity index (χ0v) is 11.3. The van der Waals surface area contributed by atoms with Gasteiger partial charge in [0.15, 0.2) is 0 Å². The van der Waals surface area contributed by atoms with Crippen molar-refractivity contribution in [2.75, 3.05) is 5.32 Å². The van der Waals surface area contributed by atoms with Crippen LogP contribution in [0.25, 0.3) is 0 Å². The molecular formula is C13H17ClN2O. The van der Waals surface area contributed by atoms with Crippen LogP contribution < -0.4 is 5.32 Å². The van der Waals surface area contributed by atoms with Crippen molar-refractivity contribution in [1.82, 2.24) is 0 Å². The van der Waals surface area contributed by atoms with Crippen LogP contribution in [-0.4, -0.2) is 16.2 Å². The van der Waals surface area contributed by atoms with Gasteiger partial charge in [0.25, 0.3) is 0 Å². The SMILES string of the molecule is CC(C)(O)C(C)(C)Nc1cc(Cl)ccc1C#N. The largest absolute Gasteiger partial charge is 0.388 e. The molecule has 0 heterocycles. The van der Waals surface area contributed by atoms with Crippen molar-refractivity contribution in [2.24, 2.45) is 0 Å². The van der Waals surface area contributed by atoms with Crippen LogP contribution in [0.15, 0.2) is 18.2 Å². The zero-order chi connectivity index (χ0) is 13.3. The number of halogens is 1. The maximum Gasteiger partial charge on any atom is 0.101 e. The van der Waals surface area contributed by atoms with E-state index in [4.69, 9.17) is 16.9 Å². The molecule has 2 N–H and O–H groups in total. The van der Waals surface area contributed by atoms with Gasteiger partial charge in [-0.15, -0.1) is 0 Å². The van der Waals surface area contributed by atoms with Crippen LogP contribution in [0.4, 0.5) is 5.69 Å². The van der Waals surface area contributed by atoms with Gasteiger partial charge in [-0.3, -0.25) is 0 Å². The van der Waals surface area contributed by atoms with Gasteiger partial charge in [-0.1, -0.05) is 11.6 Å². The van der Waals surface area contributed by atoms with Crippen molar-refractivity contribution in [2.45, 2.75) is 38.8 Å². The number of nitrogens with zero attached hydrogens (tertiary/aromatic N) is 1. The molecule has 92 valence electrons. The number of rotatable bonds is 3. The van der Waals surface area contributed by atoms with E-state index in [-0.39, 0.29) is 0 Å². The van der Waals surface area contributed by atoms with E-state index in [0.717, 1.165) is 0 Å². The Bertz CT molecular complexity index is 455. The first kappa shape index (κ1) is 13.8. The molecule has 0 spiro atoms. The van der Waals surface area contributed by atoms with E-state index in [1.165, 1.54) is 0 Å². The zero-order valence-electron chi connectivity index (χ0n) is 10.5. The molecule has 0 aliphatic rings. The molecule has 0 aliphatic carbocycles. The summed E-state index contributed by atoms with van der Waals surface area (Å²) in [4.78, 5) is 0. The van der Waals surface area contributed by atoms with Crippen LogP contribution in [-0.2, 0) is 0 Å². The third kappa shape index (κ3) is 3.12. The van der Waals surface area contributed by atoms with Crippen LogP contribution >= 0.6 is 11.6 Å². The summed E-state index contributed by atoms with van der Waals surface area (Å²) < 4.78 is 0. The first-order valence-electron chi connectivity index (χ1n) is 5.37. The second-order valence-electron chi connectivity index (χ2n) is 5.11. The fraction of sp³-hybridized carbons (Fsp3) is 0.462. The number of hydrogen-bond acceptors (Lipinski definition) is 3. The third-order valence-corrected chi connectivity index (χ3v) is 3.31. The van der Waals surface area contributed by atoms with Crippen molar-refractivity contribution >= 4 is 17.3 Å². The monoisotopic (exact) mass is 252 g/mol. The van der Waals surface area contributed by atoms with Gasteiger partial charge in [-0.25, -0.2) is 0 Å². The van der Waals surface area contributed by atoms with Gasteiger partial charge >= 0.3 is 0 Å². The Balaban J connectivity index is 3.12. The summed E-state index contributed by atoms with van der Waals surface area (Å²) in [5, 5.41) is 22.8. The normalized spacial score (nSPS) is 12.1. The lowest BCUT2D eigenvalue weighted by molar-refractivity contribution is 0.0240. The van der Waals surface area contributed by atoms with Crippen LogP contribution in [0.1, 0.15) is 33.3 Å². The Kier molecular flexibility index (Phi) is 3.71. The maximum atomic E-state index is 10.1. The molecule has 0 fully saturated rings. The first-order valence-corrected chi connectivity index (χ1v) is 5.75. The van der Waals surface area contributed by atoms with E-state index in [2.05, 4.69) is 11.4 Å². The average molecular weight is 253 g/mol. The van der Waals surface area contributed by atoms with E-state index in [0.29, 0.717) is 16.3 Å². The molecular weight excluding hydrogens is 236 g/mol. The Morgan fingerprint density at radius 1 is 1.29 bits per heavy atom.